The quantitative estimate of drug-likeness (QED) is 0.478. The Labute approximate surface area is 176 Å². The van der Waals surface area contributed by atoms with Gasteiger partial charge in [0, 0.05) is 36.1 Å². The number of aromatic nitrogens is 3. The first kappa shape index (κ1) is 20.3. The van der Waals surface area contributed by atoms with E-state index in [9.17, 15) is 18.0 Å². The fraction of sp³-hybridized carbons (Fsp3) is 0.0870. The fourth-order valence-corrected chi connectivity index (χ4v) is 3.23. The molecule has 0 saturated carbocycles. The molecule has 0 aliphatic rings. The third-order valence-electron chi connectivity index (χ3n) is 4.68. The average molecular weight is 422 g/mol. The highest BCUT2D eigenvalue weighted by atomic mass is 19.4. The van der Waals surface area contributed by atoms with Crippen LogP contribution < -0.4 is 5.32 Å². The lowest BCUT2D eigenvalue weighted by molar-refractivity contribution is -0.137. The number of halogens is 3. The van der Waals surface area contributed by atoms with E-state index in [1.54, 1.807) is 31.6 Å². The van der Waals surface area contributed by atoms with Gasteiger partial charge < -0.3 is 5.32 Å². The summed E-state index contributed by atoms with van der Waals surface area (Å²) in [4.78, 5) is 17.2. The number of carbonyl (C=O) groups is 1. The maximum absolute atomic E-state index is 13.5. The first-order chi connectivity index (χ1) is 14.8. The lowest BCUT2D eigenvalue weighted by Crippen LogP contribution is -2.15. The van der Waals surface area contributed by atoms with Crippen LogP contribution in [-0.2, 0) is 13.2 Å². The monoisotopic (exact) mass is 422 g/mol. The number of aryl methyl sites for hydroxylation is 1. The van der Waals surface area contributed by atoms with Crippen molar-refractivity contribution in [1.29, 1.82) is 0 Å². The molecule has 1 N–H and O–H groups in total. The zero-order chi connectivity index (χ0) is 22.0. The number of amides is 1. The number of carbonyl (C=O) groups excluding carboxylic acids is 1. The van der Waals surface area contributed by atoms with E-state index in [-0.39, 0.29) is 16.8 Å². The summed E-state index contributed by atoms with van der Waals surface area (Å²) in [6, 6.07) is 17.4. The lowest BCUT2D eigenvalue weighted by Gasteiger charge is -2.14. The Kier molecular flexibility index (Phi) is 5.29. The second-order valence-corrected chi connectivity index (χ2v) is 6.85. The molecule has 0 unspecified atom stereocenters. The van der Waals surface area contributed by atoms with Crippen molar-refractivity contribution >= 4 is 11.6 Å². The van der Waals surface area contributed by atoms with Crippen molar-refractivity contribution in [2.24, 2.45) is 7.05 Å². The van der Waals surface area contributed by atoms with Crippen molar-refractivity contribution in [3.63, 3.8) is 0 Å². The van der Waals surface area contributed by atoms with Gasteiger partial charge in [0.25, 0.3) is 5.91 Å². The minimum atomic E-state index is -4.58. The van der Waals surface area contributed by atoms with E-state index in [2.05, 4.69) is 15.4 Å². The van der Waals surface area contributed by atoms with Crippen molar-refractivity contribution in [2.45, 2.75) is 6.18 Å². The molecule has 156 valence electrons. The lowest BCUT2D eigenvalue weighted by atomic mass is 10.00. The Morgan fingerprint density at radius 3 is 2.45 bits per heavy atom. The second kappa shape index (κ2) is 8.06. The van der Waals surface area contributed by atoms with Crippen molar-refractivity contribution in [1.82, 2.24) is 14.8 Å². The molecule has 0 saturated heterocycles. The van der Waals surface area contributed by atoms with E-state index in [0.29, 0.717) is 11.4 Å². The summed E-state index contributed by atoms with van der Waals surface area (Å²) in [7, 11) is 1.61. The second-order valence-electron chi connectivity index (χ2n) is 6.85. The molecule has 0 spiro atoms. The molecule has 2 heterocycles. The highest BCUT2D eigenvalue weighted by Gasteiger charge is 2.34. The van der Waals surface area contributed by atoms with Gasteiger partial charge in [-0.15, -0.1) is 0 Å². The summed E-state index contributed by atoms with van der Waals surface area (Å²) in [5.74, 6) is -0.545. The molecule has 0 bridgehead atoms. The Morgan fingerprint density at radius 2 is 1.77 bits per heavy atom. The number of pyridine rings is 1. The van der Waals surface area contributed by atoms with Gasteiger partial charge >= 0.3 is 6.18 Å². The van der Waals surface area contributed by atoms with E-state index >= 15 is 0 Å². The molecule has 5 nitrogen and oxygen atoms in total. The van der Waals surface area contributed by atoms with Gasteiger partial charge in [-0.1, -0.05) is 30.3 Å². The number of alkyl halides is 3. The minimum absolute atomic E-state index is 0.0801. The van der Waals surface area contributed by atoms with Gasteiger partial charge in [0.2, 0.25) is 0 Å². The number of rotatable bonds is 4. The van der Waals surface area contributed by atoms with Crippen LogP contribution in [0.15, 0.2) is 79.1 Å². The van der Waals surface area contributed by atoms with Crippen LogP contribution in [-0.4, -0.2) is 20.7 Å². The van der Waals surface area contributed by atoms with Crippen LogP contribution in [0.25, 0.3) is 22.5 Å². The molecule has 31 heavy (non-hydrogen) atoms. The van der Waals surface area contributed by atoms with Crippen LogP contribution in [0.3, 0.4) is 0 Å². The number of hydrogen-bond donors (Lipinski definition) is 1. The summed E-state index contributed by atoms with van der Waals surface area (Å²) in [6.45, 7) is 0. The number of benzene rings is 2. The number of hydrogen-bond acceptors (Lipinski definition) is 3. The standard InChI is InChI=1S/C23H17F3N4O/c1-30-13-11-19(29-30)17-14-16(9-10-18(17)23(24,25)26)22(31)28-20-8-5-12-27-21(20)15-6-3-2-4-7-15/h2-14H,1H3,(H,28,31). The van der Waals surface area contributed by atoms with Crippen LogP contribution in [0.2, 0.25) is 0 Å². The first-order valence-electron chi connectivity index (χ1n) is 9.36. The molecule has 2 aromatic carbocycles. The van der Waals surface area contributed by atoms with Crippen LogP contribution in [0.4, 0.5) is 18.9 Å². The highest BCUT2D eigenvalue weighted by Crippen LogP contribution is 2.37. The first-order valence-corrected chi connectivity index (χ1v) is 9.36. The average Bonchev–Trinajstić information content (AvgIpc) is 3.20. The predicted molar refractivity (Wildman–Crippen MR) is 111 cm³/mol. The topological polar surface area (TPSA) is 59.8 Å². The molecular formula is C23H17F3N4O. The SMILES string of the molecule is Cn1ccc(-c2cc(C(=O)Nc3cccnc3-c3ccccc3)ccc2C(F)(F)F)n1. The van der Waals surface area contributed by atoms with Crippen molar-refractivity contribution in [2.75, 3.05) is 5.32 Å². The molecule has 4 aromatic rings. The molecule has 0 aliphatic carbocycles. The zero-order valence-corrected chi connectivity index (χ0v) is 16.4. The predicted octanol–water partition coefficient (Wildman–Crippen LogP) is 5.42. The van der Waals surface area contributed by atoms with Gasteiger partial charge in [0.1, 0.15) is 0 Å². The molecule has 0 aliphatic heterocycles. The molecule has 1 amide bonds. The molecule has 0 fully saturated rings. The van der Waals surface area contributed by atoms with Crippen LogP contribution >= 0.6 is 0 Å². The summed E-state index contributed by atoms with van der Waals surface area (Å²) < 4.78 is 42.0. The number of nitrogens with zero attached hydrogens (tertiary/aromatic N) is 3. The maximum Gasteiger partial charge on any atom is 0.417 e. The van der Waals surface area contributed by atoms with E-state index in [4.69, 9.17) is 0 Å². The third kappa shape index (κ3) is 4.32. The summed E-state index contributed by atoms with van der Waals surface area (Å²) >= 11 is 0. The van der Waals surface area contributed by atoms with Crippen molar-refractivity contribution in [3.05, 3.63) is 90.3 Å². The number of nitrogens with one attached hydrogen (secondary N) is 1. The Hall–Kier alpha value is -3.94. The molecule has 8 heteroatoms. The maximum atomic E-state index is 13.5. The fourth-order valence-electron chi connectivity index (χ4n) is 3.23. The smallest absolute Gasteiger partial charge is 0.320 e. The van der Waals surface area contributed by atoms with E-state index < -0.39 is 17.6 Å². The summed E-state index contributed by atoms with van der Waals surface area (Å²) in [5.41, 5.74) is 1.03. The van der Waals surface area contributed by atoms with E-state index in [1.165, 1.54) is 16.8 Å². The molecular weight excluding hydrogens is 405 g/mol. The Morgan fingerprint density at radius 1 is 1.00 bits per heavy atom. The molecule has 2 aromatic heterocycles. The van der Waals surface area contributed by atoms with Crippen molar-refractivity contribution in [3.8, 4) is 22.5 Å². The molecule has 0 radical (unpaired) electrons. The molecule has 4 rings (SSSR count). The number of anilines is 1. The van der Waals surface area contributed by atoms with Gasteiger partial charge in [-0.25, -0.2) is 0 Å². The van der Waals surface area contributed by atoms with Crippen LogP contribution in [0.5, 0.6) is 0 Å². The highest BCUT2D eigenvalue weighted by molar-refractivity contribution is 6.06. The van der Waals surface area contributed by atoms with Crippen LogP contribution in [0, 0.1) is 0 Å². The summed E-state index contributed by atoms with van der Waals surface area (Å²) in [5, 5.41) is 6.83. The molecule has 0 atom stereocenters. The third-order valence-corrected chi connectivity index (χ3v) is 4.68. The minimum Gasteiger partial charge on any atom is -0.320 e. The Bertz CT molecular complexity index is 1230. The van der Waals surface area contributed by atoms with E-state index in [0.717, 1.165) is 17.7 Å². The van der Waals surface area contributed by atoms with Gasteiger partial charge in [0.15, 0.2) is 0 Å². The normalized spacial score (nSPS) is 11.4. The largest absolute Gasteiger partial charge is 0.417 e. The van der Waals surface area contributed by atoms with E-state index in [1.807, 2.05) is 30.3 Å². The van der Waals surface area contributed by atoms with Gasteiger partial charge in [0.05, 0.1) is 22.6 Å². The van der Waals surface area contributed by atoms with Gasteiger partial charge in [-0.2, -0.15) is 18.3 Å². The van der Waals surface area contributed by atoms with Gasteiger partial charge in [-0.05, 0) is 36.4 Å². The Balaban J connectivity index is 1.71. The van der Waals surface area contributed by atoms with Crippen molar-refractivity contribution < 1.29 is 18.0 Å². The zero-order valence-electron chi connectivity index (χ0n) is 16.4. The van der Waals surface area contributed by atoms with Gasteiger partial charge in [-0.3, -0.25) is 14.5 Å². The van der Waals surface area contributed by atoms with Crippen LogP contribution in [0.1, 0.15) is 15.9 Å². The summed E-state index contributed by atoms with van der Waals surface area (Å²) in [6.07, 6.45) is -1.43.